The molecule has 7 nitrogen and oxygen atoms in total. The first-order valence-electron chi connectivity index (χ1n) is 8.13. The van der Waals surface area contributed by atoms with Gasteiger partial charge in [0.15, 0.2) is 0 Å². The standard InChI is InChI=1S/C17H21N3O4S/c1-22-14-5-3-12(4-6-14)15-18-20(17(25)24-15)11-19-9-7-13(8-10-19)16(21)23-2/h3-6,13H,7-11H2,1-2H3. The maximum atomic E-state index is 11.6. The molecule has 0 aliphatic carbocycles. The first kappa shape index (κ1) is 17.6. The van der Waals surface area contributed by atoms with E-state index >= 15 is 0 Å². The van der Waals surface area contributed by atoms with E-state index in [9.17, 15) is 4.79 Å². The highest BCUT2D eigenvalue weighted by Crippen LogP contribution is 2.22. The van der Waals surface area contributed by atoms with Gasteiger partial charge >= 0.3 is 5.97 Å². The van der Waals surface area contributed by atoms with Crippen molar-refractivity contribution in [2.75, 3.05) is 27.3 Å². The van der Waals surface area contributed by atoms with E-state index < -0.39 is 0 Å². The van der Waals surface area contributed by atoms with Crippen molar-refractivity contribution in [3.05, 3.63) is 29.1 Å². The second kappa shape index (κ2) is 7.79. The zero-order chi connectivity index (χ0) is 17.8. The largest absolute Gasteiger partial charge is 0.497 e. The lowest BCUT2D eigenvalue weighted by atomic mass is 9.97. The van der Waals surface area contributed by atoms with Gasteiger partial charge in [0.25, 0.3) is 4.84 Å². The Kier molecular flexibility index (Phi) is 5.50. The molecule has 8 heteroatoms. The van der Waals surface area contributed by atoms with Gasteiger partial charge in [0.1, 0.15) is 5.75 Å². The highest BCUT2D eigenvalue weighted by atomic mass is 32.1. The van der Waals surface area contributed by atoms with Crippen molar-refractivity contribution >= 4 is 18.2 Å². The van der Waals surface area contributed by atoms with Crippen LogP contribution in [-0.4, -0.2) is 48.0 Å². The SMILES string of the molecule is COC(=O)C1CCN(Cn2nc(-c3ccc(OC)cc3)oc2=S)CC1. The maximum Gasteiger partial charge on any atom is 0.308 e. The van der Waals surface area contributed by atoms with E-state index in [0.29, 0.717) is 17.4 Å². The Labute approximate surface area is 151 Å². The third kappa shape index (κ3) is 4.08. The summed E-state index contributed by atoms with van der Waals surface area (Å²) in [5, 5.41) is 4.47. The summed E-state index contributed by atoms with van der Waals surface area (Å²) in [4.78, 5) is 14.1. The van der Waals surface area contributed by atoms with Crippen LogP contribution in [0.4, 0.5) is 0 Å². The number of piperidine rings is 1. The van der Waals surface area contributed by atoms with E-state index in [1.165, 1.54) is 7.11 Å². The fourth-order valence-corrected chi connectivity index (χ4v) is 3.09. The third-order valence-corrected chi connectivity index (χ3v) is 4.69. The molecule has 1 aliphatic heterocycles. The van der Waals surface area contributed by atoms with Gasteiger partial charge in [0.05, 0.1) is 26.8 Å². The van der Waals surface area contributed by atoms with Crippen LogP contribution >= 0.6 is 12.2 Å². The Hall–Kier alpha value is -2.19. The van der Waals surface area contributed by atoms with Gasteiger partial charge in [-0.15, -0.1) is 5.10 Å². The van der Waals surface area contributed by atoms with Gasteiger partial charge in [-0.3, -0.25) is 9.69 Å². The normalized spacial score (nSPS) is 15.9. The molecule has 1 aromatic carbocycles. The smallest absolute Gasteiger partial charge is 0.308 e. The number of hydrogen-bond donors (Lipinski definition) is 0. The summed E-state index contributed by atoms with van der Waals surface area (Å²) in [5.74, 6) is 1.12. The molecule has 0 saturated carbocycles. The van der Waals surface area contributed by atoms with Gasteiger partial charge in [-0.2, -0.15) is 0 Å². The molecular formula is C17H21N3O4S. The minimum absolute atomic E-state index is 0.0126. The molecule has 1 aliphatic rings. The molecule has 0 radical (unpaired) electrons. The molecule has 1 aromatic heterocycles. The molecule has 1 fully saturated rings. The van der Waals surface area contributed by atoms with Crippen LogP contribution in [-0.2, 0) is 16.2 Å². The van der Waals surface area contributed by atoms with Gasteiger partial charge in [0, 0.05) is 18.7 Å². The summed E-state index contributed by atoms with van der Waals surface area (Å²) < 4.78 is 17.3. The third-order valence-electron chi connectivity index (χ3n) is 4.40. The second-order valence-corrected chi connectivity index (χ2v) is 6.31. The van der Waals surface area contributed by atoms with Crippen molar-refractivity contribution in [2.45, 2.75) is 19.5 Å². The van der Waals surface area contributed by atoms with Gasteiger partial charge in [-0.25, -0.2) is 4.68 Å². The lowest BCUT2D eigenvalue weighted by molar-refractivity contribution is -0.147. The molecule has 2 aromatic rings. The number of ether oxygens (including phenoxy) is 2. The topological polar surface area (TPSA) is 69.7 Å². The predicted molar refractivity (Wildman–Crippen MR) is 93.6 cm³/mol. The molecule has 3 rings (SSSR count). The number of carbonyl (C=O) groups excluding carboxylic acids is 1. The van der Waals surface area contributed by atoms with E-state index in [-0.39, 0.29) is 11.9 Å². The van der Waals surface area contributed by atoms with E-state index in [1.54, 1.807) is 11.8 Å². The monoisotopic (exact) mass is 363 g/mol. The first-order chi connectivity index (χ1) is 12.1. The summed E-state index contributed by atoms with van der Waals surface area (Å²) in [6.07, 6.45) is 1.56. The number of carbonyl (C=O) groups is 1. The van der Waals surface area contributed by atoms with Crippen molar-refractivity contribution in [1.82, 2.24) is 14.7 Å². The van der Waals surface area contributed by atoms with Crippen LogP contribution in [0.15, 0.2) is 28.7 Å². The van der Waals surface area contributed by atoms with Crippen LogP contribution in [0.1, 0.15) is 12.8 Å². The van der Waals surface area contributed by atoms with Crippen molar-refractivity contribution in [3.8, 4) is 17.2 Å². The Morgan fingerprint density at radius 1 is 1.28 bits per heavy atom. The molecule has 1 saturated heterocycles. The summed E-state index contributed by atoms with van der Waals surface area (Å²) in [5.41, 5.74) is 0.843. The van der Waals surface area contributed by atoms with E-state index in [0.717, 1.165) is 37.2 Å². The summed E-state index contributed by atoms with van der Waals surface area (Å²) >= 11 is 5.28. The Balaban J connectivity index is 1.65. The van der Waals surface area contributed by atoms with Gasteiger partial charge in [-0.05, 0) is 49.3 Å². The number of esters is 1. The van der Waals surface area contributed by atoms with Crippen molar-refractivity contribution in [1.29, 1.82) is 0 Å². The molecule has 2 heterocycles. The number of benzene rings is 1. The van der Waals surface area contributed by atoms with E-state index in [4.69, 9.17) is 26.1 Å². The molecule has 0 amide bonds. The summed E-state index contributed by atoms with van der Waals surface area (Å²) in [6, 6.07) is 7.46. The number of rotatable bonds is 5. The van der Waals surface area contributed by atoms with Gasteiger partial charge in [0.2, 0.25) is 5.89 Å². The highest BCUT2D eigenvalue weighted by molar-refractivity contribution is 7.71. The lowest BCUT2D eigenvalue weighted by Gasteiger charge is -2.29. The van der Waals surface area contributed by atoms with Crippen LogP contribution in [0.25, 0.3) is 11.5 Å². The lowest BCUT2D eigenvalue weighted by Crippen LogP contribution is -2.38. The average molecular weight is 363 g/mol. The zero-order valence-corrected chi connectivity index (χ0v) is 15.1. The van der Waals surface area contributed by atoms with Crippen molar-refractivity contribution < 1.29 is 18.7 Å². The number of methoxy groups -OCH3 is 2. The maximum absolute atomic E-state index is 11.6. The van der Waals surface area contributed by atoms with Crippen molar-refractivity contribution in [3.63, 3.8) is 0 Å². The minimum atomic E-state index is -0.125. The van der Waals surface area contributed by atoms with E-state index in [1.807, 2.05) is 24.3 Å². The second-order valence-electron chi connectivity index (χ2n) is 5.96. The van der Waals surface area contributed by atoms with Crippen LogP contribution in [0, 0.1) is 10.8 Å². The molecule has 0 N–H and O–H groups in total. The fraction of sp³-hybridized carbons (Fsp3) is 0.471. The number of likely N-dealkylation sites (tertiary alicyclic amines) is 1. The summed E-state index contributed by atoms with van der Waals surface area (Å²) in [7, 11) is 3.06. The van der Waals surface area contributed by atoms with E-state index in [2.05, 4.69) is 10.00 Å². The molecule has 0 spiro atoms. The van der Waals surface area contributed by atoms with Crippen LogP contribution in [0.2, 0.25) is 0 Å². The molecule has 0 bridgehead atoms. The number of aromatic nitrogens is 2. The average Bonchev–Trinajstić information content (AvgIpc) is 3.02. The van der Waals surface area contributed by atoms with Crippen LogP contribution in [0.5, 0.6) is 5.75 Å². The summed E-state index contributed by atoms with van der Waals surface area (Å²) in [6.45, 7) is 2.14. The molecular weight excluding hydrogens is 342 g/mol. The number of nitrogens with zero attached hydrogens (tertiary/aromatic N) is 3. The molecule has 0 atom stereocenters. The van der Waals surface area contributed by atoms with Crippen LogP contribution < -0.4 is 4.74 Å². The Morgan fingerprint density at radius 2 is 1.96 bits per heavy atom. The van der Waals surface area contributed by atoms with Crippen molar-refractivity contribution in [2.24, 2.45) is 5.92 Å². The highest BCUT2D eigenvalue weighted by Gasteiger charge is 2.26. The van der Waals surface area contributed by atoms with Gasteiger partial charge in [-0.1, -0.05) is 0 Å². The molecule has 25 heavy (non-hydrogen) atoms. The predicted octanol–water partition coefficient (Wildman–Crippen LogP) is 2.72. The first-order valence-corrected chi connectivity index (χ1v) is 8.54. The van der Waals surface area contributed by atoms with Crippen LogP contribution in [0.3, 0.4) is 0 Å². The Morgan fingerprint density at radius 3 is 2.56 bits per heavy atom. The quantitative estimate of drug-likeness (QED) is 0.597. The fourth-order valence-electron chi connectivity index (χ4n) is 2.91. The Bertz CT molecular complexity index is 776. The molecule has 0 unspecified atom stereocenters. The minimum Gasteiger partial charge on any atom is -0.497 e. The molecule has 134 valence electrons. The van der Waals surface area contributed by atoms with Gasteiger partial charge < -0.3 is 13.9 Å². The zero-order valence-electron chi connectivity index (χ0n) is 14.3. The number of hydrogen-bond acceptors (Lipinski definition) is 7.